The summed E-state index contributed by atoms with van der Waals surface area (Å²) in [5.74, 6) is -1.55. The van der Waals surface area contributed by atoms with Crippen molar-refractivity contribution in [3.63, 3.8) is 0 Å². The van der Waals surface area contributed by atoms with Crippen LogP contribution in [0.1, 0.15) is 12.8 Å². The third-order valence-corrected chi connectivity index (χ3v) is 6.11. The van der Waals surface area contributed by atoms with E-state index in [1.807, 2.05) is 14.1 Å². The molecule has 3 rings (SSSR count). The van der Waals surface area contributed by atoms with Gasteiger partial charge in [0, 0.05) is 12.6 Å². The van der Waals surface area contributed by atoms with Crippen LogP contribution in [0.4, 0.5) is 25.8 Å². The summed E-state index contributed by atoms with van der Waals surface area (Å²) in [6.45, 7) is 1.32. The maximum atomic E-state index is 14.3. The molecule has 0 saturated heterocycles. The van der Waals surface area contributed by atoms with Crippen molar-refractivity contribution in [1.29, 1.82) is 0 Å². The Morgan fingerprint density at radius 1 is 0.963 bits per heavy atom. The molecule has 5 nitrogen and oxygen atoms in total. The largest absolute Gasteiger partial charge is 0.309 e. The molecule has 150 valence electrons. The normalized spacial score (nSPS) is 16.3. The molecule has 0 aromatic heterocycles. The summed E-state index contributed by atoms with van der Waals surface area (Å²) in [6.07, 6.45) is 1.65. The summed E-state index contributed by atoms with van der Waals surface area (Å²) in [5, 5.41) is 0. The van der Waals surface area contributed by atoms with Gasteiger partial charge in [-0.1, -0.05) is 12.1 Å². The molecular formula is C18H24ClF2N3O2S. The number of halogens is 3. The Balaban J connectivity index is 0.00000261. The van der Waals surface area contributed by atoms with Crippen molar-refractivity contribution in [3.8, 4) is 0 Å². The lowest BCUT2D eigenvalue weighted by atomic mass is 10.2. The molecule has 0 radical (unpaired) electrons. The molecule has 0 saturated carbocycles. The Morgan fingerprint density at radius 3 is 2.26 bits per heavy atom. The van der Waals surface area contributed by atoms with Crippen molar-refractivity contribution >= 4 is 40.4 Å². The van der Waals surface area contributed by atoms with E-state index in [9.17, 15) is 17.9 Å². The summed E-state index contributed by atoms with van der Waals surface area (Å²) in [7, 11) is 0.482. The number of anilines is 3. The second-order valence-corrected chi connectivity index (χ2v) is 8.27. The van der Waals surface area contributed by atoms with Crippen LogP contribution in [0.2, 0.25) is 0 Å². The quantitative estimate of drug-likeness (QED) is 0.625. The van der Waals surface area contributed by atoms with E-state index < -0.39 is 22.6 Å². The van der Waals surface area contributed by atoms with Crippen LogP contribution in [0.3, 0.4) is 0 Å². The van der Waals surface area contributed by atoms with E-state index in [1.54, 1.807) is 24.3 Å². The first-order valence-electron chi connectivity index (χ1n) is 8.37. The smallest absolute Gasteiger partial charge is 0.151 e. The molecule has 2 N–H and O–H groups in total. The molecule has 1 heterocycles. The minimum Gasteiger partial charge on any atom is -0.309 e. The number of hydrogen-bond donors (Lipinski definition) is 2. The molecule has 0 spiro atoms. The van der Waals surface area contributed by atoms with Gasteiger partial charge in [-0.15, -0.1) is 12.4 Å². The number of rotatable bonds is 6. The van der Waals surface area contributed by atoms with E-state index in [2.05, 4.69) is 4.90 Å². The molecular weight excluding hydrogens is 396 g/mol. The number of nitrogens with zero attached hydrogens (tertiary/aromatic N) is 3. The summed E-state index contributed by atoms with van der Waals surface area (Å²) < 4.78 is 52.1. The van der Waals surface area contributed by atoms with Gasteiger partial charge in [0.05, 0.1) is 11.4 Å². The Morgan fingerprint density at radius 2 is 1.63 bits per heavy atom. The van der Waals surface area contributed by atoms with E-state index in [0.717, 1.165) is 31.5 Å². The van der Waals surface area contributed by atoms with Crippen molar-refractivity contribution in [2.45, 2.75) is 12.8 Å². The Hall–Kier alpha value is -1.58. The SMILES string of the molecule is CN(C)CCCCN1c2ccccc2N(c2ccc(F)cc2F)S1(O)O.Cl. The van der Waals surface area contributed by atoms with Gasteiger partial charge in [0.2, 0.25) is 0 Å². The lowest BCUT2D eigenvalue weighted by molar-refractivity contribution is 0.395. The van der Waals surface area contributed by atoms with E-state index in [4.69, 9.17) is 0 Å². The Bertz CT molecular complexity index is 795. The first-order chi connectivity index (χ1) is 12.3. The van der Waals surface area contributed by atoms with Gasteiger partial charge < -0.3 is 4.90 Å². The molecule has 0 bridgehead atoms. The Labute approximate surface area is 166 Å². The van der Waals surface area contributed by atoms with Gasteiger partial charge in [-0.05, 0) is 68.7 Å². The second kappa shape index (κ2) is 8.62. The molecule has 2 aromatic rings. The lowest BCUT2D eigenvalue weighted by Gasteiger charge is -2.43. The highest BCUT2D eigenvalue weighted by molar-refractivity contribution is 8.27. The van der Waals surface area contributed by atoms with Crippen LogP contribution < -0.4 is 8.61 Å². The number of fused-ring (bicyclic) bond motifs is 1. The zero-order chi connectivity index (χ0) is 18.9. The third kappa shape index (κ3) is 4.30. The van der Waals surface area contributed by atoms with Gasteiger partial charge in [0.25, 0.3) is 0 Å². The summed E-state index contributed by atoms with van der Waals surface area (Å²) in [4.78, 5) is 2.07. The molecule has 1 aliphatic rings. The fourth-order valence-corrected chi connectivity index (χ4v) is 4.86. The zero-order valence-corrected chi connectivity index (χ0v) is 16.8. The molecule has 27 heavy (non-hydrogen) atoms. The van der Waals surface area contributed by atoms with Gasteiger partial charge >= 0.3 is 0 Å². The maximum absolute atomic E-state index is 14.3. The summed E-state index contributed by atoms with van der Waals surface area (Å²) >= 11 is 0. The van der Waals surface area contributed by atoms with E-state index in [1.165, 1.54) is 14.7 Å². The van der Waals surface area contributed by atoms with Crippen LogP contribution in [0.5, 0.6) is 0 Å². The van der Waals surface area contributed by atoms with Crippen LogP contribution in [-0.2, 0) is 0 Å². The van der Waals surface area contributed by atoms with Crippen LogP contribution in [-0.4, -0.2) is 41.2 Å². The predicted molar refractivity (Wildman–Crippen MR) is 110 cm³/mol. The van der Waals surface area contributed by atoms with Gasteiger partial charge in [-0.2, -0.15) is 0 Å². The first kappa shape index (κ1) is 21.7. The zero-order valence-electron chi connectivity index (χ0n) is 15.2. The second-order valence-electron chi connectivity index (χ2n) is 6.48. The molecule has 0 atom stereocenters. The van der Waals surface area contributed by atoms with Gasteiger partial charge in [-0.25, -0.2) is 13.1 Å². The summed E-state index contributed by atoms with van der Waals surface area (Å²) in [5.41, 5.74) is 1.06. The summed E-state index contributed by atoms with van der Waals surface area (Å²) in [6, 6.07) is 10.1. The van der Waals surface area contributed by atoms with Crippen LogP contribution in [0.25, 0.3) is 0 Å². The highest BCUT2D eigenvalue weighted by atomic mass is 35.5. The highest BCUT2D eigenvalue weighted by Gasteiger charge is 2.42. The minimum atomic E-state index is -3.49. The predicted octanol–water partition coefficient (Wildman–Crippen LogP) is 5.27. The standard InChI is InChI=1S/C18H23F2N3O2S.ClH/c1-21(2)11-5-6-12-22-17-7-3-4-8-18(17)23(26(22,24)25)16-10-9-14(19)13-15(16)20;/h3-4,7-10,13,24-25H,5-6,11-12H2,1-2H3;1H. The number of unbranched alkanes of at least 4 members (excludes halogenated alkanes) is 1. The molecule has 0 unspecified atom stereocenters. The average molecular weight is 420 g/mol. The van der Waals surface area contributed by atoms with Crippen molar-refractivity contribution < 1.29 is 17.9 Å². The highest BCUT2D eigenvalue weighted by Crippen LogP contribution is 2.64. The Kier molecular flexibility index (Phi) is 6.93. The van der Waals surface area contributed by atoms with Crippen molar-refractivity contribution in [2.75, 3.05) is 35.8 Å². The fraction of sp³-hybridized carbons (Fsp3) is 0.333. The van der Waals surface area contributed by atoms with Gasteiger partial charge in [0.1, 0.15) is 11.5 Å². The molecule has 0 amide bonds. The van der Waals surface area contributed by atoms with Gasteiger partial charge in [-0.3, -0.25) is 13.4 Å². The minimum absolute atomic E-state index is 0. The number of para-hydroxylation sites is 2. The van der Waals surface area contributed by atoms with Crippen LogP contribution in [0, 0.1) is 11.6 Å². The number of hydrogen-bond acceptors (Lipinski definition) is 5. The third-order valence-electron chi connectivity index (χ3n) is 4.25. The van der Waals surface area contributed by atoms with Crippen molar-refractivity contribution in [2.24, 2.45) is 0 Å². The topological polar surface area (TPSA) is 50.2 Å². The number of benzene rings is 2. The average Bonchev–Trinajstić information content (AvgIpc) is 2.79. The van der Waals surface area contributed by atoms with Crippen LogP contribution >= 0.6 is 23.4 Å². The lowest BCUT2D eigenvalue weighted by Crippen LogP contribution is -2.32. The molecule has 2 aromatic carbocycles. The van der Waals surface area contributed by atoms with Gasteiger partial charge in [0.15, 0.2) is 5.82 Å². The monoisotopic (exact) mass is 419 g/mol. The van der Waals surface area contributed by atoms with Crippen molar-refractivity contribution in [1.82, 2.24) is 4.90 Å². The molecule has 1 aliphatic heterocycles. The maximum Gasteiger partial charge on any atom is 0.151 e. The van der Waals surface area contributed by atoms with Crippen LogP contribution in [0.15, 0.2) is 42.5 Å². The van der Waals surface area contributed by atoms with Crippen molar-refractivity contribution in [3.05, 3.63) is 54.1 Å². The van der Waals surface area contributed by atoms with E-state index in [0.29, 0.717) is 17.9 Å². The van der Waals surface area contributed by atoms with E-state index in [-0.39, 0.29) is 18.1 Å². The molecule has 0 fully saturated rings. The fourth-order valence-electron chi connectivity index (χ4n) is 3.04. The molecule has 9 heteroatoms. The first-order valence-corrected chi connectivity index (χ1v) is 9.83. The molecule has 0 aliphatic carbocycles. The van der Waals surface area contributed by atoms with E-state index >= 15 is 0 Å².